The number of pyridine rings is 1. The minimum atomic E-state index is -0.243. The van der Waals surface area contributed by atoms with Crippen LogP contribution in [0, 0.1) is 0 Å². The van der Waals surface area contributed by atoms with Gasteiger partial charge in [0.1, 0.15) is 0 Å². The fraction of sp³-hybridized carbons (Fsp3) is 0.111. The third-order valence-electron chi connectivity index (χ3n) is 1.29. The Morgan fingerprint density at radius 1 is 1.69 bits per heavy atom. The van der Waals surface area contributed by atoms with Gasteiger partial charge in [0, 0.05) is 18.0 Å². The Balaban J connectivity index is 2.61. The molecule has 0 aliphatic rings. The van der Waals surface area contributed by atoms with Gasteiger partial charge in [-0.25, -0.2) is 0 Å². The maximum absolute atomic E-state index is 11.1. The summed E-state index contributed by atoms with van der Waals surface area (Å²) in [7, 11) is 0. The van der Waals surface area contributed by atoms with Gasteiger partial charge in [-0.3, -0.25) is 9.78 Å². The lowest BCUT2D eigenvalue weighted by molar-refractivity contribution is -0.111. The predicted octanol–water partition coefficient (Wildman–Crippen LogP) is 0.883. The molecule has 4 nitrogen and oxygen atoms in total. The molecule has 0 saturated heterocycles. The largest absolute Gasteiger partial charge is 0.402 e. The first-order valence-corrected chi connectivity index (χ1v) is 3.83. The Morgan fingerprint density at radius 3 is 3.00 bits per heavy atom. The standard InChI is InChI=1S/C9H11N3O/c1-7(10)5-9(13)12-8-3-2-4-11-6-8/h2-6H,10H2,1H3,(H,12,13). The molecule has 68 valence electrons. The first-order chi connectivity index (χ1) is 6.18. The number of hydrogen-bond donors (Lipinski definition) is 2. The highest BCUT2D eigenvalue weighted by Gasteiger charge is 1.96. The monoisotopic (exact) mass is 177 g/mol. The Morgan fingerprint density at radius 2 is 2.46 bits per heavy atom. The maximum Gasteiger partial charge on any atom is 0.250 e. The molecule has 0 aliphatic carbocycles. The van der Waals surface area contributed by atoms with E-state index in [-0.39, 0.29) is 5.91 Å². The fourth-order valence-electron chi connectivity index (χ4n) is 0.822. The maximum atomic E-state index is 11.1. The second-order valence-electron chi connectivity index (χ2n) is 2.62. The smallest absolute Gasteiger partial charge is 0.250 e. The summed E-state index contributed by atoms with van der Waals surface area (Å²) in [6.07, 6.45) is 4.53. The number of nitrogens with one attached hydrogen (secondary N) is 1. The van der Waals surface area contributed by atoms with Gasteiger partial charge in [0.25, 0.3) is 0 Å². The summed E-state index contributed by atoms with van der Waals surface area (Å²) in [5.74, 6) is -0.243. The molecule has 3 N–H and O–H groups in total. The van der Waals surface area contributed by atoms with E-state index in [0.29, 0.717) is 11.4 Å². The lowest BCUT2D eigenvalue weighted by atomic mass is 10.4. The summed E-state index contributed by atoms with van der Waals surface area (Å²) in [4.78, 5) is 15.0. The second-order valence-corrected chi connectivity index (χ2v) is 2.62. The summed E-state index contributed by atoms with van der Waals surface area (Å²) in [5.41, 5.74) is 6.46. The molecule has 1 rings (SSSR count). The molecule has 0 aliphatic heterocycles. The predicted molar refractivity (Wildman–Crippen MR) is 50.8 cm³/mol. The zero-order valence-corrected chi connectivity index (χ0v) is 7.32. The first-order valence-electron chi connectivity index (χ1n) is 3.83. The summed E-state index contributed by atoms with van der Waals surface area (Å²) in [5, 5.41) is 2.62. The minimum absolute atomic E-state index is 0.243. The third-order valence-corrected chi connectivity index (χ3v) is 1.29. The van der Waals surface area contributed by atoms with Crippen molar-refractivity contribution >= 4 is 11.6 Å². The lowest BCUT2D eigenvalue weighted by Crippen LogP contribution is -2.10. The van der Waals surface area contributed by atoms with Crippen LogP contribution in [0.15, 0.2) is 36.3 Å². The number of rotatable bonds is 2. The van der Waals surface area contributed by atoms with Crippen molar-refractivity contribution in [2.45, 2.75) is 6.92 Å². The van der Waals surface area contributed by atoms with Crippen molar-refractivity contribution in [1.82, 2.24) is 4.98 Å². The van der Waals surface area contributed by atoms with Gasteiger partial charge in [-0.05, 0) is 19.1 Å². The number of hydrogen-bond acceptors (Lipinski definition) is 3. The minimum Gasteiger partial charge on any atom is -0.402 e. The molecule has 0 bridgehead atoms. The summed E-state index contributed by atoms with van der Waals surface area (Å²) in [6.45, 7) is 1.66. The zero-order valence-electron chi connectivity index (χ0n) is 7.32. The number of anilines is 1. The van der Waals surface area contributed by atoms with Crippen LogP contribution in [0.3, 0.4) is 0 Å². The van der Waals surface area contributed by atoms with Gasteiger partial charge in [-0.1, -0.05) is 0 Å². The number of nitrogens with zero attached hydrogens (tertiary/aromatic N) is 1. The summed E-state index contributed by atoms with van der Waals surface area (Å²) >= 11 is 0. The molecule has 13 heavy (non-hydrogen) atoms. The van der Waals surface area contributed by atoms with Crippen molar-refractivity contribution in [3.63, 3.8) is 0 Å². The van der Waals surface area contributed by atoms with E-state index in [9.17, 15) is 4.79 Å². The number of amides is 1. The molecule has 0 unspecified atom stereocenters. The van der Waals surface area contributed by atoms with Crippen molar-refractivity contribution in [3.05, 3.63) is 36.3 Å². The van der Waals surface area contributed by atoms with E-state index in [1.54, 1.807) is 31.5 Å². The van der Waals surface area contributed by atoms with E-state index < -0.39 is 0 Å². The molecule has 1 aromatic heterocycles. The molecule has 0 saturated carbocycles. The van der Waals surface area contributed by atoms with E-state index in [4.69, 9.17) is 5.73 Å². The van der Waals surface area contributed by atoms with E-state index in [1.807, 2.05) is 0 Å². The Hall–Kier alpha value is -1.84. The Kier molecular flexibility index (Phi) is 3.03. The van der Waals surface area contributed by atoms with Crippen LogP contribution in [0.4, 0.5) is 5.69 Å². The van der Waals surface area contributed by atoms with Gasteiger partial charge in [-0.15, -0.1) is 0 Å². The molecule has 1 aromatic rings. The number of carbonyl (C=O) groups excluding carboxylic acids is 1. The molecule has 0 radical (unpaired) electrons. The van der Waals surface area contributed by atoms with Crippen LogP contribution in [0.2, 0.25) is 0 Å². The molecule has 0 atom stereocenters. The summed E-state index contributed by atoms with van der Waals surface area (Å²) in [6, 6.07) is 3.50. The fourth-order valence-corrected chi connectivity index (χ4v) is 0.822. The number of carbonyl (C=O) groups is 1. The van der Waals surface area contributed by atoms with Crippen molar-refractivity contribution in [2.75, 3.05) is 5.32 Å². The Bertz CT molecular complexity index is 315. The highest BCUT2D eigenvalue weighted by Crippen LogP contribution is 2.02. The summed E-state index contributed by atoms with van der Waals surface area (Å²) < 4.78 is 0. The van der Waals surface area contributed by atoms with Crippen molar-refractivity contribution in [1.29, 1.82) is 0 Å². The first kappa shape index (κ1) is 9.25. The molecule has 1 heterocycles. The zero-order chi connectivity index (χ0) is 9.68. The van der Waals surface area contributed by atoms with Crippen LogP contribution in [0.1, 0.15) is 6.92 Å². The molecular formula is C9H11N3O. The highest BCUT2D eigenvalue weighted by atomic mass is 16.1. The van der Waals surface area contributed by atoms with Crippen LogP contribution in [0.25, 0.3) is 0 Å². The molecule has 0 aromatic carbocycles. The lowest BCUT2D eigenvalue weighted by Gasteiger charge is -2.00. The van der Waals surface area contributed by atoms with Gasteiger partial charge in [0.2, 0.25) is 5.91 Å². The Labute approximate surface area is 76.5 Å². The van der Waals surface area contributed by atoms with Gasteiger partial charge in [0.15, 0.2) is 0 Å². The van der Waals surface area contributed by atoms with Crippen LogP contribution in [-0.2, 0) is 4.79 Å². The highest BCUT2D eigenvalue weighted by molar-refractivity contribution is 5.99. The van der Waals surface area contributed by atoms with E-state index >= 15 is 0 Å². The van der Waals surface area contributed by atoms with Crippen LogP contribution < -0.4 is 11.1 Å². The average molecular weight is 177 g/mol. The molecule has 0 spiro atoms. The van der Waals surface area contributed by atoms with Crippen molar-refractivity contribution in [2.24, 2.45) is 5.73 Å². The molecule has 4 heteroatoms. The number of aromatic nitrogens is 1. The quantitative estimate of drug-likeness (QED) is 0.659. The van der Waals surface area contributed by atoms with Crippen LogP contribution in [0.5, 0.6) is 0 Å². The van der Waals surface area contributed by atoms with Gasteiger partial charge in [0.05, 0.1) is 11.9 Å². The van der Waals surface area contributed by atoms with Gasteiger partial charge < -0.3 is 11.1 Å². The van der Waals surface area contributed by atoms with E-state index in [0.717, 1.165) is 0 Å². The normalized spacial score (nSPS) is 11.0. The third kappa shape index (κ3) is 3.37. The topological polar surface area (TPSA) is 68.0 Å². The van der Waals surface area contributed by atoms with Crippen LogP contribution in [-0.4, -0.2) is 10.9 Å². The molecule has 0 fully saturated rings. The number of nitrogens with two attached hydrogens (primary N) is 1. The van der Waals surface area contributed by atoms with Crippen molar-refractivity contribution < 1.29 is 4.79 Å². The van der Waals surface area contributed by atoms with Crippen LogP contribution >= 0.6 is 0 Å². The molecular weight excluding hydrogens is 166 g/mol. The SMILES string of the molecule is CC(N)=CC(=O)Nc1cccnc1. The van der Waals surface area contributed by atoms with Crippen molar-refractivity contribution in [3.8, 4) is 0 Å². The van der Waals surface area contributed by atoms with E-state index in [1.165, 1.54) is 6.08 Å². The second kappa shape index (κ2) is 4.25. The van der Waals surface area contributed by atoms with Gasteiger partial charge >= 0.3 is 0 Å². The van der Waals surface area contributed by atoms with Gasteiger partial charge in [-0.2, -0.15) is 0 Å². The number of allylic oxidation sites excluding steroid dienone is 1. The van der Waals surface area contributed by atoms with E-state index in [2.05, 4.69) is 10.3 Å². The average Bonchev–Trinajstić information content (AvgIpc) is 2.04. The molecule has 1 amide bonds.